The fraction of sp³-hybridized carbons (Fsp3) is 0.206. The summed E-state index contributed by atoms with van der Waals surface area (Å²) < 4.78 is 5.31. The van der Waals surface area contributed by atoms with Crippen molar-refractivity contribution in [3.8, 4) is 5.75 Å². The van der Waals surface area contributed by atoms with Crippen LogP contribution in [0.15, 0.2) is 103 Å². The van der Waals surface area contributed by atoms with Gasteiger partial charge < -0.3 is 10.1 Å². The summed E-state index contributed by atoms with van der Waals surface area (Å²) in [6.45, 7) is 0. The number of amides is 3. The van der Waals surface area contributed by atoms with E-state index in [9.17, 15) is 14.4 Å². The summed E-state index contributed by atoms with van der Waals surface area (Å²) in [5, 5.41) is 2.90. The lowest BCUT2D eigenvalue weighted by atomic mass is 9.54. The normalized spacial score (nSPS) is 25.8. The van der Waals surface area contributed by atoms with Gasteiger partial charge in [0.05, 0.1) is 18.9 Å². The molecule has 1 N–H and O–H groups in total. The van der Waals surface area contributed by atoms with Crippen LogP contribution < -0.4 is 10.1 Å². The number of carbonyl (C=O) groups excluding carboxylic acids is 3. The quantitative estimate of drug-likeness (QED) is 0.224. The molecular weight excluding hydrogens is 571 g/mol. The highest BCUT2D eigenvalue weighted by atomic mass is 35.5. The SMILES string of the molecule is COc1cccc(NC(=O)[C@@H](Cc2ccccc2)N2C(=O)[C@@H]3[C@H](C2=O)C2(Cl)c4ccccc4C3(Cl)c3ccccc32)c1. The van der Waals surface area contributed by atoms with E-state index in [2.05, 4.69) is 5.32 Å². The molecule has 4 aromatic rings. The third-order valence-corrected chi connectivity index (χ3v) is 10.1. The summed E-state index contributed by atoms with van der Waals surface area (Å²) in [7, 11) is 1.54. The smallest absolute Gasteiger partial charge is 0.248 e. The molecule has 1 heterocycles. The zero-order chi connectivity index (χ0) is 29.2. The number of halogens is 2. The maximum Gasteiger partial charge on any atom is 0.248 e. The van der Waals surface area contributed by atoms with Crippen molar-refractivity contribution in [1.82, 2.24) is 4.90 Å². The van der Waals surface area contributed by atoms with Gasteiger partial charge in [-0.15, -0.1) is 23.2 Å². The van der Waals surface area contributed by atoms with Gasteiger partial charge in [-0.2, -0.15) is 0 Å². The minimum Gasteiger partial charge on any atom is -0.497 e. The van der Waals surface area contributed by atoms with Gasteiger partial charge in [0.25, 0.3) is 0 Å². The minimum atomic E-state index is -1.32. The Morgan fingerprint density at radius 2 is 1.29 bits per heavy atom. The molecule has 6 nitrogen and oxygen atoms in total. The van der Waals surface area contributed by atoms with E-state index in [1.807, 2.05) is 78.9 Å². The number of carbonyl (C=O) groups is 3. The van der Waals surface area contributed by atoms with E-state index in [0.29, 0.717) is 33.7 Å². The first-order valence-corrected chi connectivity index (χ1v) is 14.5. The van der Waals surface area contributed by atoms with E-state index in [-0.39, 0.29) is 6.42 Å². The highest BCUT2D eigenvalue weighted by Crippen LogP contribution is 2.69. The van der Waals surface area contributed by atoms with E-state index < -0.39 is 45.3 Å². The van der Waals surface area contributed by atoms with Crippen molar-refractivity contribution in [2.75, 3.05) is 12.4 Å². The van der Waals surface area contributed by atoms with Gasteiger partial charge in [-0.25, -0.2) is 0 Å². The monoisotopic (exact) mass is 596 g/mol. The molecule has 0 aromatic heterocycles. The first-order valence-electron chi connectivity index (χ1n) is 13.7. The predicted molar refractivity (Wildman–Crippen MR) is 161 cm³/mol. The fourth-order valence-corrected chi connectivity index (χ4v) is 8.16. The Kier molecular flexibility index (Phi) is 6.19. The van der Waals surface area contributed by atoms with Crippen LogP contribution in [0.3, 0.4) is 0 Å². The van der Waals surface area contributed by atoms with Crippen LogP contribution in [0.4, 0.5) is 5.69 Å². The second-order valence-electron chi connectivity index (χ2n) is 10.9. The lowest BCUT2D eigenvalue weighted by Crippen LogP contribution is -2.57. The number of benzene rings is 4. The molecule has 0 unspecified atom stereocenters. The highest BCUT2D eigenvalue weighted by molar-refractivity contribution is 6.36. The summed E-state index contributed by atoms with van der Waals surface area (Å²) in [5.41, 5.74) is 4.14. The number of anilines is 1. The first-order chi connectivity index (χ1) is 20.3. The maximum absolute atomic E-state index is 14.6. The zero-order valence-corrected chi connectivity index (χ0v) is 24.1. The number of nitrogens with zero attached hydrogens (tertiary/aromatic N) is 1. The molecule has 4 aliphatic rings. The Balaban J connectivity index is 1.35. The molecule has 4 aromatic carbocycles. The van der Waals surface area contributed by atoms with Crippen molar-refractivity contribution in [2.45, 2.75) is 22.2 Å². The zero-order valence-electron chi connectivity index (χ0n) is 22.6. The Morgan fingerprint density at radius 1 is 0.786 bits per heavy atom. The average Bonchev–Trinajstić information content (AvgIpc) is 3.29. The van der Waals surface area contributed by atoms with Crippen LogP contribution in [0.5, 0.6) is 5.75 Å². The van der Waals surface area contributed by atoms with Crippen molar-refractivity contribution in [1.29, 1.82) is 0 Å². The van der Waals surface area contributed by atoms with E-state index in [0.717, 1.165) is 10.5 Å². The molecule has 3 atom stereocenters. The number of hydrogen-bond donors (Lipinski definition) is 1. The molecule has 1 fully saturated rings. The van der Waals surface area contributed by atoms with Gasteiger partial charge in [0, 0.05) is 18.2 Å². The maximum atomic E-state index is 14.6. The van der Waals surface area contributed by atoms with Crippen LogP contribution in [-0.2, 0) is 30.6 Å². The molecule has 1 aliphatic heterocycles. The average molecular weight is 597 g/mol. The van der Waals surface area contributed by atoms with E-state index in [1.54, 1.807) is 24.3 Å². The van der Waals surface area contributed by atoms with Crippen molar-refractivity contribution < 1.29 is 19.1 Å². The van der Waals surface area contributed by atoms with Crippen molar-refractivity contribution in [2.24, 2.45) is 11.8 Å². The lowest BCUT2D eigenvalue weighted by molar-refractivity contribution is -0.146. The van der Waals surface area contributed by atoms with Gasteiger partial charge in [-0.3, -0.25) is 19.3 Å². The van der Waals surface area contributed by atoms with Crippen LogP contribution in [0.1, 0.15) is 27.8 Å². The molecule has 8 heteroatoms. The Morgan fingerprint density at radius 3 is 1.79 bits per heavy atom. The number of ether oxygens (including phenoxy) is 1. The van der Waals surface area contributed by atoms with Crippen LogP contribution in [0.25, 0.3) is 0 Å². The number of alkyl halides is 2. The summed E-state index contributed by atoms with van der Waals surface area (Å²) in [5.74, 6) is -2.92. The molecule has 210 valence electrons. The minimum absolute atomic E-state index is 0.123. The second-order valence-corrected chi connectivity index (χ2v) is 12.1. The van der Waals surface area contributed by atoms with Gasteiger partial charge >= 0.3 is 0 Å². The molecule has 3 amide bonds. The number of nitrogens with one attached hydrogen (secondary N) is 1. The molecule has 42 heavy (non-hydrogen) atoms. The van der Waals surface area contributed by atoms with Crippen LogP contribution in [0, 0.1) is 11.8 Å². The third-order valence-electron chi connectivity index (χ3n) is 8.84. The molecule has 8 rings (SSSR count). The van der Waals surface area contributed by atoms with Crippen LogP contribution in [0.2, 0.25) is 0 Å². The third kappa shape index (κ3) is 3.61. The van der Waals surface area contributed by atoms with Crippen LogP contribution >= 0.6 is 23.2 Å². The number of hydrogen-bond acceptors (Lipinski definition) is 4. The van der Waals surface area contributed by atoms with E-state index in [4.69, 9.17) is 27.9 Å². The summed E-state index contributed by atoms with van der Waals surface area (Å²) in [6, 6.07) is 30.1. The molecule has 0 saturated carbocycles. The molecule has 1 saturated heterocycles. The Labute approximate surface area is 253 Å². The van der Waals surface area contributed by atoms with Gasteiger partial charge in [0.2, 0.25) is 17.7 Å². The summed E-state index contributed by atoms with van der Waals surface area (Å²) in [6.07, 6.45) is 0.123. The first kappa shape index (κ1) is 26.7. The number of rotatable bonds is 6. The molecule has 0 radical (unpaired) electrons. The Hall–Kier alpha value is -4.13. The van der Waals surface area contributed by atoms with Crippen LogP contribution in [-0.4, -0.2) is 35.8 Å². The molecular formula is C34H26Cl2N2O4. The summed E-state index contributed by atoms with van der Waals surface area (Å²) >= 11 is 15.2. The fourth-order valence-electron chi connectivity index (χ4n) is 7.06. The highest BCUT2D eigenvalue weighted by Gasteiger charge is 2.73. The topological polar surface area (TPSA) is 75.7 Å². The Bertz CT molecular complexity index is 1640. The number of likely N-dealkylation sites (tertiary alicyclic amines) is 1. The number of imide groups is 1. The predicted octanol–water partition coefficient (Wildman–Crippen LogP) is 5.84. The van der Waals surface area contributed by atoms with Gasteiger partial charge in [0.1, 0.15) is 21.5 Å². The van der Waals surface area contributed by atoms with Gasteiger partial charge in [-0.1, -0.05) is 84.9 Å². The molecule has 2 bridgehead atoms. The largest absolute Gasteiger partial charge is 0.497 e. The van der Waals surface area contributed by atoms with E-state index in [1.165, 1.54) is 7.11 Å². The summed E-state index contributed by atoms with van der Waals surface area (Å²) in [4.78, 5) is 41.6. The van der Waals surface area contributed by atoms with Gasteiger partial charge in [0.15, 0.2) is 0 Å². The van der Waals surface area contributed by atoms with Gasteiger partial charge in [-0.05, 0) is 39.9 Å². The van der Waals surface area contributed by atoms with E-state index >= 15 is 0 Å². The second kappa shape index (κ2) is 9.72. The molecule has 3 aliphatic carbocycles. The standard InChI is InChI=1S/C34H26Cl2N2O4/c1-42-22-13-9-12-21(19-22)37-30(39)27(18-20-10-3-2-4-11-20)38-31(40)28-29(32(38)41)34(36)24-15-6-5-14-23(24)33(28,35)25-16-7-8-17-26(25)34/h2-17,19,27-29H,18H2,1H3,(H,37,39)/t27-,28-,29+,33?,34?/m1/s1. The van der Waals surface area contributed by atoms with Crippen molar-refractivity contribution in [3.63, 3.8) is 0 Å². The van der Waals surface area contributed by atoms with Crippen molar-refractivity contribution >= 4 is 46.6 Å². The molecule has 0 spiro atoms. The van der Waals surface area contributed by atoms with Crippen molar-refractivity contribution in [3.05, 3.63) is 131 Å². The number of methoxy groups -OCH3 is 1. The lowest BCUT2D eigenvalue weighted by Gasteiger charge is -2.54.